The Labute approximate surface area is 109 Å². The van der Waals surface area contributed by atoms with Crippen molar-refractivity contribution in [3.8, 4) is 11.3 Å². The lowest BCUT2D eigenvalue weighted by Gasteiger charge is -1.97. The molecule has 5 heteroatoms. The third-order valence-corrected chi connectivity index (χ3v) is 3.19. The number of fused-ring (bicyclic) bond motifs is 1. The van der Waals surface area contributed by atoms with Crippen molar-refractivity contribution < 1.29 is 9.32 Å². The molecule has 19 heavy (non-hydrogen) atoms. The lowest BCUT2D eigenvalue weighted by atomic mass is 10.1. The molecule has 0 saturated heterocycles. The zero-order valence-electron chi connectivity index (χ0n) is 10.4. The first-order valence-corrected chi connectivity index (χ1v) is 5.87. The second-order valence-corrected chi connectivity index (χ2v) is 4.35. The molecule has 2 heterocycles. The van der Waals surface area contributed by atoms with Gasteiger partial charge >= 0.3 is 0 Å². The Morgan fingerprint density at radius 1 is 1.21 bits per heavy atom. The van der Waals surface area contributed by atoms with Gasteiger partial charge < -0.3 is 0 Å². The molecule has 94 valence electrons. The molecule has 0 atom stereocenters. The topological polar surface area (TPSA) is 52.2 Å². The average Bonchev–Trinajstić information content (AvgIpc) is 2.77. The number of nitrogens with zero attached hydrogens (tertiary/aromatic N) is 3. The van der Waals surface area contributed by atoms with E-state index < -0.39 is 0 Å². The first-order valence-electron chi connectivity index (χ1n) is 5.87. The number of imidazole rings is 1. The first-order chi connectivity index (χ1) is 9.16. The molecular formula is C14H12N3O2+. The number of hydrogen-bond donors (Lipinski definition) is 0. The van der Waals surface area contributed by atoms with E-state index in [0.29, 0.717) is 0 Å². The highest BCUT2D eigenvalue weighted by Crippen LogP contribution is 2.23. The van der Waals surface area contributed by atoms with E-state index in [1.54, 1.807) is 12.1 Å². The molecule has 0 spiro atoms. The lowest BCUT2D eigenvalue weighted by molar-refractivity contribution is -0.510. The van der Waals surface area contributed by atoms with E-state index in [2.05, 4.69) is 0 Å². The van der Waals surface area contributed by atoms with Crippen LogP contribution >= 0.6 is 0 Å². The van der Waals surface area contributed by atoms with E-state index in [1.165, 1.54) is 6.07 Å². The van der Waals surface area contributed by atoms with Gasteiger partial charge in [0.1, 0.15) is 6.20 Å². The van der Waals surface area contributed by atoms with Crippen molar-refractivity contribution in [1.82, 2.24) is 4.57 Å². The molecule has 2 aromatic heterocycles. The summed E-state index contributed by atoms with van der Waals surface area (Å²) in [5.41, 5.74) is 2.91. The number of aromatic nitrogens is 2. The predicted molar refractivity (Wildman–Crippen MR) is 70.7 cm³/mol. The van der Waals surface area contributed by atoms with E-state index in [-0.39, 0.29) is 10.6 Å². The zero-order chi connectivity index (χ0) is 13.4. The lowest BCUT2D eigenvalue weighted by Crippen LogP contribution is -2.17. The van der Waals surface area contributed by atoms with Crippen LogP contribution in [0.5, 0.6) is 0 Å². The average molecular weight is 254 g/mol. The van der Waals surface area contributed by atoms with Gasteiger partial charge in [-0.15, -0.1) is 0 Å². The van der Waals surface area contributed by atoms with Crippen LogP contribution in [0.2, 0.25) is 0 Å². The second kappa shape index (κ2) is 4.20. The summed E-state index contributed by atoms with van der Waals surface area (Å²) in [5.74, 6) is 0. The highest BCUT2D eigenvalue weighted by atomic mass is 16.6. The van der Waals surface area contributed by atoms with E-state index >= 15 is 0 Å². The Balaban J connectivity index is 2.21. The Hall–Kier alpha value is -2.69. The Morgan fingerprint density at radius 2 is 2.05 bits per heavy atom. The first kappa shape index (κ1) is 11.4. The number of benzene rings is 1. The van der Waals surface area contributed by atoms with Crippen molar-refractivity contribution in [3.63, 3.8) is 0 Å². The summed E-state index contributed by atoms with van der Waals surface area (Å²) in [6.07, 6.45) is 3.92. The summed E-state index contributed by atoms with van der Waals surface area (Å²) in [5, 5.41) is 10.8. The third-order valence-electron chi connectivity index (χ3n) is 3.19. The number of aryl methyl sites for hydroxylation is 1. The van der Waals surface area contributed by atoms with Gasteiger partial charge in [0.05, 0.1) is 18.2 Å². The fourth-order valence-corrected chi connectivity index (χ4v) is 2.23. The minimum absolute atomic E-state index is 0.104. The van der Waals surface area contributed by atoms with Crippen LogP contribution in [0, 0.1) is 10.1 Å². The van der Waals surface area contributed by atoms with E-state index in [1.807, 2.05) is 52.7 Å². The van der Waals surface area contributed by atoms with Gasteiger partial charge in [-0.05, 0) is 6.07 Å². The summed E-state index contributed by atoms with van der Waals surface area (Å²) in [7, 11) is 1.95. The molecule has 0 fully saturated rings. The monoisotopic (exact) mass is 254 g/mol. The van der Waals surface area contributed by atoms with E-state index in [9.17, 15) is 10.1 Å². The van der Waals surface area contributed by atoms with E-state index in [4.69, 9.17) is 0 Å². The summed E-state index contributed by atoms with van der Waals surface area (Å²) < 4.78 is 4.01. The van der Waals surface area contributed by atoms with Crippen LogP contribution in [0.3, 0.4) is 0 Å². The summed E-state index contributed by atoms with van der Waals surface area (Å²) in [6.45, 7) is 0. The molecule has 0 aliphatic rings. The molecule has 3 rings (SSSR count). The Kier molecular flexibility index (Phi) is 2.52. The van der Waals surface area contributed by atoms with Gasteiger partial charge in [0.2, 0.25) is 0 Å². The minimum Gasteiger partial charge on any atom is -0.258 e. The molecule has 5 nitrogen and oxygen atoms in total. The second-order valence-electron chi connectivity index (χ2n) is 4.35. The van der Waals surface area contributed by atoms with Crippen molar-refractivity contribution in [2.24, 2.45) is 7.05 Å². The Morgan fingerprint density at radius 3 is 2.79 bits per heavy atom. The predicted octanol–water partition coefficient (Wildman–Crippen LogP) is 2.34. The molecule has 0 radical (unpaired) electrons. The van der Waals surface area contributed by atoms with E-state index in [0.717, 1.165) is 16.9 Å². The van der Waals surface area contributed by atoms with Crippen LogP contribution in [0.25, 0.3) is 16.9 Å². The highest BCUT2D eigenvalue weighted by Gasteiger charge is 2.17. The fourth-order valence-electron chi connectivity index (χ4n) is 2.23. The number of rotatable bonds is 2. The van der Waals surface area contributed by atoms with Gasteiger partial charge in [-0.3, -0.25) is 10.1 Å². The van der Waals surface area contributed by atoms with Crippen molar-refractivity contribution in [2.75, 3.05) is 0 Å². The number of pyridine rings is 1. The maximum absolute atomic E-state index is 10.8. The minimum atomic E-state index is -0.376. The smallest absolute Gasteiger partial charge is 0.258 e. The largest absolute Gasteiger partial charge is 0.286 e. The quantitative estimate of drug-likeness (QED) is 0.400. The summed E-state index contributed by atoms with van der Waals surface area (Å²) >= 11 is 0. The highest BCUT2D eigenvalue weighted by molar-refractivity contribution is 5.64. The molecule has 0 saturated carbocycles. The molecule has 0 bridgehead atoms. The van der Waals surface area contributed by atoms with Crippen molar-refractivity contribution in [3.05, 3.63) is 65.0 Å². The number of nitro benzene ring substituents is 1. The molecule has 3 aromatic rings. The molecule has 1 aromatic carbocycles. The van der Waals surface area contributed by atoms with Crippen molar-refractivity contribution >= 4 is 11.3 Å². The molecule has 0 aliphatic heterocycles. The zero-order valence-corrected chi connectivity index (χ0v) is 10.4. The SMILES string of the molecule is Cn1c(-c2cccc([N+](=O)[O-])c2)c[n+]2ccccc12. The maximum Gasteiger partial charge on any atom is 0.286 e. The standard InChI is InChI=1S/C14H12N3O2/c1-15-13(10-16-8-3-2-7-14(15)16)11-5-4-6-12(9-11)17(18)19/h2-10H,1H3/q+1. The number of nitro groups is 1. The normalized spacial score (nSPS) is 10.8. The maximum atomic E-state index is 10.8. The third kappa shape index (κ3) is 1.85. The van der Waals surface area contributed by atoms with Crippen LogP contribution in [0.4, 0.5) is 5.69 Å². The molecule has 0 aliphatic carbocycles. The van der Waals surface area contributed by atoms with Gasteiger partial charge in [-0.1, -0.05) is 18.2 Å². The fraction of sp³-hybridized carbons (Fsp3) is 0.0714. The van der Waals surface area contributed by atoms with Crippen molar-refractivity contribution in [1.29, 1.82) is 0 Å². The number of non-ortho nitro benzene ring substituents is 1. The van der Waals surface area contributed by atoms with Gasteiger partial charge in [0.25, 0.3) is 11.3 Å². The number of hydrogen-bond acceptors (Lipinski definition) is 2. The molecule has 0 unspecified atom stereocenters. The molecule has 0 amide bonds. The van der Waals surface area contributed by atoms with Crippen LogP contribution in [0.1, 0.15) is 0 Å². The Bertz CT molecular complexity index is 777. The summed E-state index contributed by atoms with van der Waals surface area (Å²) in [6, 6.07) is 12.6. The van der Waals surface area contributed by atoms with Crippen LogP contribution in [-0.2, 0) is 7.05 Å². The summed E-state index contributed by atoms with van der Waals surface area (Å²) in [4.78, 5) is 10.5. The van der Waals surface area contributed by atoms with Crippen LogP contribution < -0.4 is 4.40 Å². The van der Waals surface area contributed by atoms with Crippen LogP contribution in [-0.4, -0.2) is 9.49 Å². The van der Waals surface area contributed by atoms with Gasteiger partial charge in [-0.2, -0.15) is 0 Å². The molecular weight excluding hydrogens is 242 g/mol. The van der Waals surface area contributed by atoms with Crippen LogP contribution in [0.15, 0.2) is 54.9 Å². The van der Waals surface area contributed by atoms with Gasteiger partial charge in [0.15, 0.2) is 5.69 Å². The van der Waals surface area contributed by atoms with Crippen molar-refractivity contribution in [2.45, 2.75) is 0 Å². The molecule has 0 N–H and O–H groups in total. The van der Waals surface area contributed by atoms with Gasteiger partial charge in [0, 0.05) is 23.8 Å². The van der Waals surface area contributed by atoms with Gasteiger partial charge in [-0.25, -0.2) is 8.97 Å².